The number of rotatable bonds is 5. The van der Waals surface area contributed by atoms with Crippen LogP contribution in [0.5, 0.6) is 5.75 Å². The maximum absolute atomic E-state index is 13.0. The van der Waals surface area contributed by atoms with Crippen LogP contribution in [0.2, 0.25) is 0 Å². The van der Waals surface area contributed by atoms with Gasteiger partial charge in [-0.1, -0.05) is 36.4 Å². The van der Waals surface area contributed by atoms with E-state index in [1.807, 2.05) is 0 Å². The minimum atomic E-state index is -1.34. The Labute approximate surface area is 163 Å². The molecular formula is C21H24N2O5. The van der Waals surface area contributed by atoms with E-state index in [0.29, 0.717) is 36.4 Å². The summed E-state index contributed by atoms with van der Waals surface area (Å²) in [6.07, 6.45) is -0.739. The molecule has 0 saturated carbocycles. The summed E-state index contributed by atoms with van der Waals surface area (Å²) in [7, 11) is 0. The molecule has 2 aromatic rings. The van der Waals surface area contributed by atoms with Crippen LogP contribution < -0.4 is 10.1 Å². The number of hydrogen-bond acceptors (Lipinski definition) is 5. The molecule has 7 nitrogen and oxygen atoms in total. The highest BCUT2D eigenvalue weighted by atomic mass is 16.5. The van der Waals surface area contributed by atoms with Crippen molar-refractivity contribution in [3.05, 3.63) is 59.7 Å². The van der Waals surface area contributed by atoms with Crippen LogP contribution in [0.15, 0.2) is 48.5 Å². The zero-order valence-electron chi connectivity index (χ0n) is 15.7. The van der Waals surface area contributed by atoms with E-state index in [1.54, 1.807) is 60.4 Å². The van der Waals surface area contributed by atoms with Crippen molar-refractivity contribution < 1.29 is 24.5 Å². The predicted octanol–water partition coefficient (Wildman–Crippen LogP) is 1.96. The molecule has 1 unspecified atom stereocenters. The normalized spacial score (nSPS) is 16.2. The van der Waals surface area contributed by atoms with E-state index in [0.717, 1.165) is 0 Å². The first-order chi connectivity index (χ1) is 13.5. The number of para-hydroxylation sites is 1. The lowest BCUT2D eigenvalue weighted by Gasteiger charge is -2.31. The first kappa shape index (κ1) is 19.9. The van der Waals surface area contributed by atoms with Crippen molar-refractivity contribution in [1.82, 2.24) is 4.90 Å². The fourth-order valence-electron chi connectivity index (χ4n) is 3.13. The molecule has 1 aliphatic rings. The fraction of sp³-hybridized carbons (Fsp3) is 0.333. The molecule has 2 amide bonds. The smallest absolute Gasteiger partial charge is 0.258 e. The van der Waals surface area contributed by atoms with Gasteiger partial charge in [-0.3, -0.25) is 9.59 Å². The molecule has 1 heterocycles. The van der Waals surface area contributed by atoms with Gasteiger partial charge in [-0.05, 0) is 31.0 Å². The van der Waals surface area contributed by atoms with Crippen LogP contribution in [0.3, 0.4) is 0 Å². The Morgan fingerprint density at radius 1 is 1.21 bits per heavy atom. The van der Waals surface area contributed by atoms with Gasteiger partial charge in [0.1, 0.15) is 0 Å². The van der Waals surface area contributed by atoms with Crippen LogP contribution in [0.1, 0.15) is 35.4 Å². The van der Waals surface area contributed by atoms with E-state index in [2.05, 4.69) is 5.32 Å². The van der Waals surface area contributed by atoms with Crippen molar-refractivity contribution in [3.63, 3.8) is 0 Å². The number of benzene rings is 2. The molecule has 0 aliphatic carbocycles. The van der Waals surface area contributed by atoms with Gasteiger partial charge in [0.15, 0.2) is 11.9 Å². The van der Waals surface area contributed by atoms with Crippen molar-refractivity contribution in [2.45, 2.75) is 25.5 Å². The molecule has 0 radical (unpaired) electrons. The molecule has 3 N–H and O–H groups in total. The topological polar surface area (TPSA) is 99.1 Å². The number of aliphatic hydroxyl groups is 2. The highest BCUT2D eigenvalue weighted by Gasteiger charge is 2.28. The van der Waals surface area contributed by atoms with Crippen LogP contribution in [-0.2, 0) is 4.79 Å². The number of nitrogens with one attached hydrogen (secondary N) is 1. The van der Waals surface area contributed by atoms with Gasteiger partial charge in [-0.15, -0.1) is 0 Å². The monoisotopic (exact) mass is 384 g/mol. The Balaban J connectivity index is 1.88. The third kappa shape index (κ3) is 4.16. The number of amides is 2. The van der Waals surface area contributed by atoms with Crippen LogP contribution in [0, 0.1) is 0 Å². The summed E-state index contributed by atoms with van der Waals surface area (Å²) in [5.41, 5.74) is 1.11. The molecule has 1 aliphatic heterocycles. The lowest BCUT2D eigenvalue weighted by Crippen LogP contribution is -2.42. The van der Waals surface area contributed by atoms with Gasteiger partial charge in [0.2, 0.25) is 0 Å². The van der Waals surface area contributed by atoms with Gasteiger partial charge in [-0.25, -0.2) is 0 Å². The molecule has 7 heteroatoms. The zero-order valence-corrected chi connectivity index (χ0v) is 15.7. The summed E-state index contributed by atoms with van der Waals surface area (Å²) in [4.78, 5) is 27.1. The summed E-state index contributed by atoms with van der Waals surface area (Å²) in [6, 6.07) is 13.2. The van der Waals surface area contributed by atoms with E-state index < -0.39 is 12.0 Å². The Hall–Kier alpha value is -2.90. The van der Waals surface area contributed by atoms with E-state index >= 15 is 0 Å². The number of fused-ring (bicyclic) bond motifs is 1. The minimum absolute atomic E-state index is 0.137. The van der Waals surface area contributed by atoms with Crippen molar-refractivity contribution >= 4 is 17.5 Å². The Kier molecular flexibility index (Phi) is 6.28. The van der Waals surface area contributed by atoms with Crippen molar-refractivity contribution in [2.24, 2.45) is 0 Å². The molecule has 0 bridgehead atoms. The van der Waals surface area contributed by atoms with Gasteiger partial charge in [0, 0.05) is 6.54 Å². The van der Waals surface area contributed by atoms with E-state index in [9.17, 15) is 19.8 Å². The fourth-order valence-corrected chi connectivity index (χ4v) is 3.13. The molecule has 148 valence electrons. The van der Waals surface area contributed by atoms with Gasteiger partial charge < -0.3 is 25.2 Å². The third-order valence-corrected chi connectivity index (χ3v) is 4.71. The predicted molar refractivity (Wildman–Crippen MR) is 104 cm³/mol. The van der Waals surface area contributed by atoms with Crippen molar-refractivity contribution in [3.8, 4) is 5.75 Å². The molecule has 0 saturated heterocycles. The summed E-state index contributed by atoms with van der Waals surface area (Å²) in [5.74, 6) is -0.606. The number of carbonyl (C=O) groups excluding carboxylic acids is 2. The lowest BCUT2D eigenvalue weighted by molar-refractivity contribution is -0.124. The number of anilines is 1. The highest BCUT2D eigenvalue weighted by molar-refractivity contribution is 6.02. The minimum Gasteiger partial charge on any atom is -0.490 e. The van der Waals surface area contributed by atoms with Crippen LogP contribution in [-0.4, -0.2) is 52.7 Å². The number of ether oxygens (including phenoxy) is 1. The highest BCUT2D eigenvalue weighted by Crippen LogP contribution is 2.32. The maximum atomic E-state index is 13.0. The molecule has 0 aromatic heterocycles. The van der Waals surface area contributed by atoms with E-state index in [1.165, 1.54) is 0 Å². The number of aliphatic hydroxyl groups excluding tert-OH is 2. The molecule has 3 rings (SSSR count). The largest absolute Gasteiger partial charge is 0.490 e. The SMILES string of the molecule is C[C@@H](CO)N1CCCOc2c(NC(=O)C(O)c3ccccc3)cccc2C1=O. The second kappa shape index (κ2) is 8.86. The Morgan fingerprint density at radius 3 is 2.68 bits per heavy atom. The molecule has 2 aromatic carbocycles. The molecule has 2 atom stereocenters. The van der Waals surface area contributed by atoms with Gasteiger partial charge >= 0.3 is 0 Å². The summed E-state index contributed by atoms with van der Waals surface area (Å²) < 4.78 is 5.77. The number of nitrogens with zero attached hydrogens (tertiary/aromatic N) is 1. The standard InChI is InChI=1S/C21H24N2O5/c1-14(13-24)23-11-6-12-28-19-16(21(23)27)9-5-10-17(19)22-20(26)18(25)15-7-3-2-4-8-15/h2-5,7-10,14,18,24-25H,6,11-13H2,1H3,(H,22,26)/t14-,18?/m0/s1. The van der Waals surface area contributed by atoms with Crippen LogP contribution in [0.25, 0.3) is 0 Å². The van der Waals surface area contributed by atoms with Crippen molar-refractivity contribution in [2.75, 3.05) is 25.1 Å². The second-order valence-corrected chi connectivity index (χ2v) is 6.72. The summed E-state index contributed by atoms with van der Waals surface area (Å²) in [6.45, 7) is 2.48. The first-order valence-corrected chi connectivity index (χ1v) is 9.24. The maximum Gasteiger partial charge on any atom is 0.258 e. The van der Waals surface area contributed by atoms with Crippen molar-refractivity contribution in [1.29, 1.82) is 0 Å². The average Bonchev–Trinajstić information content (AvgIpc) is 2.72. The third-order valence-electron chi connectivity index (χ3n) is 4.71. The van der Waals surface area contributed by atoms with Gasteiger partial charge in [0.25, 0.3) is 11.8 Å². The summed E-state index contributed by atoms with van der Waals surface area (Å²) in [5, 5.41) is 22.4. The van der Waals surface area contributed by atoms with Gasteiger partial charge in [-0.2, -0.15) is 0 Å². The van der Waals surface area contributed by atoms with Crippen LogP contribution in [0.4, 0.5) is 5.69 Å². The second-order valence-electron chi connectivity index (χ2n) is 6.72. The van der Waals surface area contributed by atoms with E-state index in [4.69, 9.17) is 4.74 Å². The molecular weight excluding hydrogens is 360 g/mol. The molecule has 0 spiro atoms. The Bertz CT molecular complexity index is 840. The average molecular weight is 384 g/mol. The summed E-state index contributed by atoms with van der Waals surface area (Å²) >= 11 is 0. The molecule has 28 heavy (non-hydrogen) atoms. The van der Waals surface area contributed by atoms with Crippen LogP contribution >= 0.6 is 0 Å². The molecule has 0 fully saturated rings. The quantitative estimate of drug-likeness (QED) is 0.732. The zero-order chi connectivity index (χ0) is 20.1. The first-order valence-electron chi connectivity index (χ1n) is 9.24. The lowest BCUT2D eigenvalue weighted by atomic mass is 10.1. The van der Waals surface area contributed by atoms with Gasteiger partial charge in [0.05, 0.1) is 30.5 Å². The van der Waals surface area contributed by atoms with E-state index in [-0.39, 0.29) is 24.3 Å². The number of carbonyl (C=O) groups is 2. The Morgan fingerprint density at radius 2 is 1.96 bits per heavy atom. The number of hydrogen-bond donors (Lipinski definition) is 3.